The lowest BCUT2D eigenvalue weighted by Crippen LogP contribution is -2.13. The molecule has 0 rings (SSSR count). The van der Waals surface area contributed by atoms with E-state index >= 15 is 0 Å². The van der Waals surface area contributed by atoms with Gasteiger partial charge < -0.3 is 15.6 Å². The van der Waals surface area contributed by atoms with Crippen molar-refractivity contribution in [1.29, 1.82) is 0 Å². The van der Waals surface area contributed by atoms with E-state index in [1.807, 2.05) is 13.8 Å². The Labute approximate surface area is 82.3 Å². The normalized spacial score (nSPS) is 11.8. The van der Waals surface area contributed by atoms with Gasteiger partial charge in [-0.15, -0.1) is 0 Å². The van der Waals surface area contributed by atoms with Crippen LogP contribution in [-0.2, 0) is 4.74 Å². The number of ether oxygens (including phenoxy) is 1. The highest BCUT2D eigenvalue weighted by molar-refractivity contribution is 4.56. The van der Waals surface area contributed by atoms with Crippen molar-refractivity contribution in [1.82, 2.24) is 0 Å². The number of rotatable bonds is 7. The summed E-state index contributed by atoms with van der Waals surface area (Å²) in [7, 11) is 1.66. The van der Waals surface area contributed by atoms with Crippen LogP contribution in [0.25, 0.3) is 0 Å². The smallest absolute Gasteiger partial charge is 0.0512 e. The first-order valence-electron chi connectivity index (χ1n) is 5.15. The van der Waals surface area contributed by atoms with E-state index in [1.54, 1.807) is 7.11 Å². The van der Waals surface area contributed by atoms with Gasteiger partial charge in [-0.3, -0.25) is 0 Å². The fraction of sp³-hybridized carbons (Fsp3) is 1.00. The number of hydrogen-bond acceptors (Lipinski definition) is 3. The first-order chi connectivity index (χ1) is 6.35. The van der Waals surface area contributed by atoms with Gasteiger partial charge in [-0.05, 0) is 19.4 Å². The van der Waals surface area contributed by atoms with Gasteiger partial charge in [-0.25, -0.2) is 0 Å². The Morgan fingerprint density at radius 2 is 1.92 bits per heavy atom. The van der Waals surface area contributed by atoms with Crippen molar-refractivity contribution in [3.05, 3.63) is 0 Å². The second-order valence-corrected chi connectivity index (χ2v) is 2.79. The first kappa shape index (κ1) is 15.4. The van der Waals surface area contributed by atoms with Gasteiger partial charge in [0.2, 0.25) is 0 Å². The highest BCUT2D eigenvalue weighted by Gasteiger charge is 2.05. The van der Waals surface area contributed by atoms with E-state index in [0.29, 0.717) is 12.5 Å². The van der Waals surface area contributed by atoms with E-state index in [2.05, 4.69) is 0 Å². The van der Waals surface area contributed by atoms with Crippen LogP contribution in [0.4, 0.5) is 0 Å². The summed E-state index contributed by atoms with van der Waals surface area (Å²) in [5, 5.41) is 8.85. The topological polar surface area (TPSA) is 55.5 Å². The molecule has 0 aliphatic carbocycles. The molecule has 0 amide bonds. The Balaban J connectivity index is 0. The van der Waals surface area contributed by atoms with Crippen LogP contribution >= 0.6 is 0 Å². The lowest BCUT2D eigenvalue weighted by atomic mass is 10.0. The van der Waals surface area contributed by atoms with Gasteiger partial charge in [0.25, 0.3) is 0 Å². The number of nitrogens with two attached hydrogens (primary N) is 1. The van der Waals surface area contributed by atoms with Crippen molar-refractivity contribution in [2.24, 2.45) is 11.7 Å². The second kappa shape index (κ2) is 14.4. The minimum absolute atomic E-state index is 0.221. The summed E-state index contributed by atoms with van der Waals surface area (Å²) >= 11 is 0. The Kier molecular flexibility index (Phi) is 17.0. The lowest BCUT2D eigenvalue weighted by Gasteiger charge is -2.11. The third-order valence-corrected chi connectivity index (χ3v) is 1.73. The summed E-state index contributed by atoms with van der Waals surface area (Å²) in [6.07, 6.45) is 3.15. The minimum atomic E-state index is 0.221. The van der Waals surface area contributed by atoms with Gasteiger partial charge in [0.1, 0.15) is 0 Å². The molecule has 0 fully saturated rings. The average Bonchev–Trinajstić information content (AvgIpc) is 2.20. The van der Waals surface area contributed by atoms with Gasteiger partial charge in [-0.2, -0.15) is 0 Å². The van der Waals surface area contributed by atoms with Crippen LogP contribution in [0.1, 0.15) is 33.1 Å². The van der Waals surface area contributed by atoms with Crippen LogP contribution in [0.5, 0.6) is 0 Å². The molecule has 0 aliphatic rings. The first-order valence-corrected chi connectivity index (χ1v) is 5.15. The van der Waals surface area contributed by atoms with E-state index < -0.39 is 0 Å². The molecule has 0 bridgehead atoms. The molecule has 0 heterocycles. The van der Waals surface area contributed by atoms with Crippen LogP contribution in [0.3, 0.4) is 0 Å². The zero-order valence-corrected chi connectivity index (χ0v) is 9.25. The summed E-state index contributed by atoms with van der Waals surface area (Å²) in [5.41, 5.74) is 5.34. The van der Waals surface area contributed by atoms with Crippen LogP contribution in [0.15, 0.2) is 0 Å². The quantitative estimate of drug-likeness (QED) is 0.598. The molecule has 1 unspecified atom stereocenters. The lowest BCUT2D eigenvalue weighted by molar-refractivity contribution is 0.104. The fourth-order valence-electron chi connectivity index (χ4n) is 1.04. The van der Waals surface area contributed by atoms with Gasteiger partial charge in [-0.1, -0.05) is 20.3 Å². The summed E-state index contributed by atoms with van der Waals surface area (Å²) in [4.78, 5) is 0. The van der Waals surface area contributed by atoms with E-state index in [4.69, 9.17) is 15.6 Å². The standard InChI is InChI=1S/C8H19NO2.C2H6/c1-11-7-8(6-10)4-2-3-5-9;1-2/h8,10H,2-7,9H2,1H3;1-2H3. The summed E-state index contributed by atoms with van der Waals surface area (Å²) in [6, 6.07) is 0. The molecule has 13 heavy (non-hydrogen) atoms. The molecule has 1 atom stereocenters. The highest BCUT2D eigenvalue weighted by Crippen LogP contribution is 2.07. The van der Waals surface area contributed by atoms with Gasteiger partial charge in [0.05, 0.1) is 6.61 Å². The number of unbranched alkanes of at least 4 members (excludes halogenated alkanes) is 1. The Bertz CT molecular complexity index is 79.3. The molecule has 0 aromatic carbocycles. The highest BCUT2D eigenvalue weighted by atomic mass is 16.5. The molecule has 0 saturated carbocycles. The molecule has 0 saturated heterocycles. The number of hydrogen-bond donors (Lipinski definition) is 2. The van der Waals surface area contributed by atoms with Crippen molar-refractivity contribution >= 4 is 0 Å². The van der Waals surface area contributed by atoms with E-state index in [9.17, 15) is 0 Å². The van der Waals surface area contributed by atoms with E-state index in [1.165, 1.54) is 0 Å². The van der Waals surface area contributed by atoms with Crippen LogP contribution in [0.2, 0.25) is 0 Å². The van der Waals surface area contributed by atoms with Gasteiger partial charge in [0, 0.05) is 19.6 Å². The second-order valence-electron chi connectivity index (χ2n) is 2.79. The molecule has 3 N–H and O–H groups in total. The van der Waals surface area contributed by atoms with Gasteiger partial charge >= 0.3 is 0 Å². The maximum Gasteiger partial charge on any atom is 0.0512 e. The Morgan fingerprint density at radius 1 is 1.31 bits per heavy atom. The van der Waals surface area contributed by atoms with Crippen molar-refractivity contribution in [3.63, 3.8) is 0 Å². The average molecular weight is 191 g/mol. The van der Waals surface area contributed by atoms with Crippen LogP contribution in [-0.4, -0.2) is 32.0 Å². The maximum absolute atomic E-state index is 8.85. The molecular weight excluding hydrogens is 166 g/mol. The predicted octanol–water partition coefficient (Wildman–Crippen LogP) is 1.40. The zero-order chi connectivity index (χ0) is 10.5. The minimum Gasteiger partial charge on any atom is -0.396 e. The predicted molar refractivity (Wildman–Crippen MR) is 56.7 cm³/mol. The molecule has 0 aromatic rings. The number of methoxy groups -OCH3 is 1. The third kappa shape index (κ3) is 11.9. The van der Waals surface area contributed by atoms with Crippen molar-refractivity contribution in [2.45, 2.75) is 33.1 Å². The van der Waals surface area contributed by atoms with Crippen molar-refractivity contribution < 1.29 is 9.84 Å². The SMILES string of the molecule is CC.COCC(CO)CCCCN. The summed E-state index contributed by atoms with van der Waals surface area (Å²) < 4.78 is 4.93. The molecule has 0 spiro atoms. The number of aliphatic hydroxyl groups is 1. The molecule has 0 radical (unpaired) electrons. The van der Waals surface area contributed by atoms with Crippen molar-refractivity contribution in [2.75, 3.05) is 26.9 Å². The summed E-state index contributed by atoms with van der Waals surface area (Å²) in [6.45, 7) is 5.62. The molecule has 3 heteroatoms. The van der Waals surface area contributed by atoms with Gasteiger partial charge in [0.15, 0.2) is 0 Å². The van der Waals surface area contributed by atoms with Crippen molar-refractivity contribution in [3.8, 4) is 0 Å². The summed E-state index contributed by atoms with van der Waals surface area (Å²) in [5.74, 6) is 0.298. The zero-order valence-electron chi connectivity index (χ0n) is 9.25. The van der Waals surface area contributed by atoms with Crippen LogP contribution < -0.4 is 5.73 Å². The fourth-order valence-corrected chi connectivity index (χ4v) is 1.04. The molecule has 3 nitrogen and oxygen atoms in total. The molecule has 82 valence electrons. The Hall–Kier alpha value is -0.120. The largest absolute Gasteiger partial charge is 0.396 e. The molecule has 0 aliphatic heterocycles. The third-order valence-electron chi connectivity index (χ3n) is 1.73. The molecular formula is C10H25NO2. The van der Waals surface area contributed by atoms with Crippen LogP contribution in [0, 0.1) is 5.92 Å². The Morgan fingerprint density at radius 3 is 2.31 bits per heavy atom. The van der Waals surface area contributed by atoms with E-state index in [0.717, 1.165) is 25.8 Å². The monoisotopic (exact) mass is 191 g/mol. The molecule has 0 aromatic heterocycles. The number of aliphatic hydroxyl groups excluding tert-OH is 1. The van der Waals surface area contributed by atoms with E-state index in [-0.39, 0.29) is 6.61 Å². The maximum atomic E-state index is 8.85.